The summed E-state index contributed by atoms with van der Waals surface area (Å²) < 4.78 is 10.7. The van der Waals surface area contributed by atoms with Gasteiger partial charge in [-0.05, 0) is 14.1 Å². The van der Waals surface area contributed by atoms with Gasteiger partial charge in [-0.15, -0.1) is 0 Å². The lowest BCUT2D eigenvalue weighted by Crippen LogP contribution is -2.44. The Hall–Kier alpha value is -0.690. The molecule has 1 atom stereocenters. The van der Waals surface area contributed by atoms with Crippen LogP contribution >= 0.6 is 0 Å². The Kier molecular flexibility index (Phi) is 7.91. The first-order valence-corrected chi connectivity index (χ1v) is 6.49. The van der Waals surface area contributed by atoms with Crippen LogP contribution in [0.2, 0.25) is 0 Å². The van der Waals surface area contributed by atoms with E-state index in [0.717, 1.165) is 19.7 Å². The van der Waals surface area contributed by atoms with Crippen molar-refractivity contribution in [2.45, 2.75) is 12.5 Å². The lowest BCUT2D eigenvalue weighted by Gasteiger charge is -2.23. The van der Waals surface area contributed by atoms with Crippen molar-refractivity contribution in [2.24, 2.45) is 0 Å². The number of hydrogen-bond acceptors (Lipinski definition) is 5. The fraction of sp³-hybridized carbons (Fsp3) is 0.917. The van der Waals surface area contributed by atoms with Crippen molar-refractivity contribution >= 4 is 5.91 Å². The van der Waals surface area contributed by atoms with Gasteiger partial charge in [0.2, 0.25) is 5.91 Å². The van der Waals surface area contributed by atoms with Crippen molar-refractivity contribution in [1.82, 2.24) is 15.5 Å². The van der Waals surface area contributed by atoms with Gasteiger partial charge in [-0.1, -0.05) is 0 Å². The molecule has 6 nitrogen and oxygen atoms in total. The molecule has 0 bridgehead atoms. The smallest absolute Gasteiger partial charge is 0.221 e. The maximum absolute atomic E-state index is 11.6. The van der Waals surface area contributed by atoms with E-state index in [1.807, 2.05) is 14.1 Å². The third kappa shape index (κ3) is 7.60. The van der Waals surface area contributed by atoms with Crippen LogP contribution < -0.4 is 10.6 Å². The number of nitrogens with zero attached hydrogens (tertiary/aromatic N) is 1. The van der Waals surface area contributed by atoms with E-state index < -0.39 is 0 Å². The highest BCUT2D eigenvalue weighted by atomic mass is 16.5. The average Bonchev–Trinajstić information content (AvgIpc) is 2.34. The molecule has 0 aromatic carbocycles. The maximum Gasteiger partial charge on any atom is 0.221 e. The van der Waals surface area contributed by atoms with E-state index in [4.69, 9.17) is 9.47 Å². The number of nitrogens with one attached hydrogen (secondary N) is 2. The van der Waals surface area contributed by atoms with Crippen molar-refractivity contribution < 1.29 is 14.3 Å². The summed E-state index contributed by atoms with van der Waals surface area (Å²) in [6.45, 7) is 4.91. The zero-order valence-electron chi connectivity index (χ0n) is 11.4. The molecule has 0 saturated carbocycles. The molecule has 1 saturated heterocycles. The molecule has 18 heavy (non-hydrogen) atoms. The van der Waals surface area contributed by atoms with Crippen LogP contribution in [-0.2, 0) is 14.3 Å². The fourth-order valence-electron chi connectivity index (χ4n) is 1.66. The molecule has 0 radical (unpaired) electrons. The average molecular weight is 259 g/mol. The molecule has 1 aliphatic heterocycles. The summed E-state index contributed by atoms with van der Waals surface area (Å²) in [7, 11) is 4.01. The molecule has 2 N–H and O–H groups in total. The van der Waals surface area contributed by atoms with Gasteiger partial charge < -0.3 is 25.0 Å². The van der Waals surface area contributed by atoms with Crippen LogP contribution in [0.15, 0.2) is 0 Å². The van der Waals surface area contributed by atoms with Gasteiger partial charge in [0, 0.05) is 32.1 Å². The molecular formula is C12H25N3O3. The van der Waals surface area contributed by atoms with E-state index in [2.05, 4.69) is 15.5 Å². The van der Waals surface area contributed by atoms with Gasteiger partial charge in [0.1, 0.15) is 0 Å². The number of hydrogen-bond donors (Lipinski definition) is 2. The highest BCUT2D eigenvalue weighted by Gasteiger charge is 2.16. The maximum atomic E-state index is 11.6. The van der Waals surface area contributed by atoms with Crippen LogP contribution in [0.4, 0.5) is 0 Å². The Morgan fingerprint density at radius 2 is 2.33 bits per heavy atom. The molecule has 1 aliphatic rings. The lowest BCUT2D eigenvalue weighted by molar-refractivity contribution is -0.122. The van der Waals surface area contributed by atoms with Gasteiger partial charge in [-0.25, -0.2) is 0 Å². The monoisotopic (exact) mass is 259 g/mol. The zero-order chi connectivity index (χ0) is 13.2. The van der Waals surface area contributed by atoms with Crippen LogP contribution in [0.3, 0.4) is 0 Å². The van der Waals surface area contributed by atoms with E-state index in [1.54, 1.807) is 0 Å². The van der Waals surface area contributed by atoms with Crippen molar-refractivity contribution in [3.8, 4) is 0 Å². The number of carbonyl (C=O) groups excluding carboxylic acids is 1. The molecule has 1 fully saturated rings. The highest BCUT2D eigenvalue weighted by Crippen LogP contribution is 1.97. The van der Waals surface area contributed by atoms with Crippen molar-refractivity contribution in [1.29, 1.82) is 0 Å². The molecule has 1 unspecified atom stereocenters. The lowest BCUT2D eigenvalue weighted by atomic mass is 10.2. The van der Waals surface area contributed by atoms with Gasteiger partial charge in [0.25, 0.3) is 0 Å². The van der Waals surface area contributed by atoms with E-state index in [-0.39, 0.29) is 11.9 Å². The van der Waals surface area contributed by atoms with Crippen LogP contribution in [0.5, 0.6) is 0 Å². The normalized spacial score (nSPS) is 20.1. The van der Waals surface area contributed by atoms with E-state index in [0.29, 0.717) is 32.8 Å². The first-order chi connectivity index (χ1) is 8.68. The van der Waals surface area contributed by atoms with Crippen molar-refractivity contribution in [3.63, 3.8) is 0 Å². The molecule has 0 aromatic heterocycles. The van der Waals surface area contributed by atoms with Gasteiger partial charge in [0.05, 0.1) is 26.4 Å². The fourth-order valence-corrected chi connectivity index (χ4v) is 1.66. The van der Waals surface area contributed by atoms with Crippen molar-refractivity contribution in [3.05, 3.63) is 0 Å². The summed E-state index contributed by atoms with van der Waals surface area (Å²) in [5, 5.41) is 6.10. The molecule has 0 spiro atoms. The number of ether oxygens (including phenoxy) is 2. The Morgan fingerprint density at radius 3 is 3.00 bits per heavy atom. The molecule has 0 aliphatic carbocycles. The summed E-state index contributed by atoms with van der Waals surface area (Å²) in [6.07, 6.45) is 0.470. The molecular weight excluding hydrogens is 234 g/mol. The Morgan fingerprint density at radius 1 is 1.50 bits per heavy atom. The van der Waals surface area contributed by atoms with E-state index in [1.165, 1.54) is 0 Å². The Labute approximate surface area is 109 Å². The summed E-state index contributed by atoms with van der Waals surface area (Å²) >= 11 is 0. The number of rotatable bonds is 8. The molecule has 106 valence electrons. The van der Waals surface area contributed by atoms with Crippen LogP contribution in [0.25, 0.3) is 0 Å². The quantitative estimate of drug-likeness (QED) is 0.551. The van der Waals surface area contributed by atoms with Crippen LogP contribution in [-0.4, -0.2) is 77.0 Å². The predicted octanol–water partition coefficient (Wildman–Crippen LogP) is -0.941. The Bertz CT molecular complexity index is 231. The second kappa shape index (κ2) is 9.27. The topological polar surface area (TPSA) is 62.8 Å². The number of likely N-dealkylation sites (N-methyl/N-ethyl adjacent to an activating group) is 1. The molecule has 1 heterocycles. The molecule has 1 rings (SSSR count). The summed E-state index contributed by atoms with van der Waals surface area (Å²) in [4.78, 5) is 13.6. The van der Waals surface area contributed by atoms with Gasteiger partial charge in [-0.2, -0.15) is 0 Å². The molecule has 6 heteroatoms. The van der Waals surface area contributed by atoms with Gasteiger partial charge in [0.15, 0.2) is 0 Å². The van der Waals surface area contributed by atoms with Crippen molar-refractivity contribution in [2.75, 3.05) is 60.2 Å². The Balaban J connectivity index is 1.93. The predicted molar refractivity (Wildman–Crippen MR) is 69.6 cm³/mol. The zero-order valence-corrected chi connectivity index (χ0v) is 11.4. The van der Waals surface area contributed by atoms with E-state index >= 15 is 0 Å². The SMILES string of the molecule is CN(C)CCOCCNC(=O)CC1COCCN1. The minimum absolute atomic E-state index is 0.0502. The summed E-state index contributed by atoms with van der Waals surface area (Å²) in [6, 6.07) is 0.147. The second-order valence-corrected chi connectivity index (χ2v) is 4.70. The third-order valence-corrected chi connectivity index (χ3v) is 2.68. The summed E-state index contributed by atoms with van der Waals surface area (Å²) in [5.74, 6) is 0.0502. The first-order valence-electron chi connectivity index (χ1n) is 6.49. The van der Waals surface area contributed by atoms with E-state index in [9.17, 15) is 4.79 Å². The first kappa shape index (κ1) is 15.4. The van der Waals surface area contributed by atoms with Crippen LogP contribution in [0, 0.1) is 0 Å². The minimum Gasteiger partial charge on any atom is -0.378 e. The third-order valence-electron chi connectivity index (χ3n) is 2.68. The number of carbonyl (C=O) groups is 1. The highest BCUT2D eigenvalue weighted by molar-refractivity contribution is 5.76. The number of amides is 1. The largest absolute Gasteiger partial charge is 0.378 e. The van der Waals surface area contributed by atoms with Gasteiger partial charge in [-0.3, -0.25) is 4.79 Å². The standard InChI is InChI=1S/C12H25N3O3/c1-15(2)5-8-17-6-4-14-12(16)9-11-10-18-7-3-13-11/h11,13H,3-10H2,1-2H3,(H,14,16). The second-order valence-electron chi connectivity index (χ2n) is 4.70. The van der Waals surface area contributed by atoms with Gasteiger partial charge >= 0.3 is 0 Å². The molecule has 0 aromatic rings. The molecule has 1 amide bonds. The minimum atomic E-state index is 0.0502. The summed E-state index contributed by atoms with van der Waals surface area (Å²) in [5.41, 5.74) is 0. The number of morpholine rings is 1. The van der Waals surface area contributed by atoms with Crippen LogP contribution in [0.1, 0.15) is 6.42 Å².